The van der Waals surface area contributed by atoms with Gasteiger partial charge in [0, 0.05) is 11.3 Å². The van der Waals surface area contributed by atoms with Crippen LogP contribution in [0.25, 0.3) is 22.6 Å². The summed E-state index contributed by atoms with van der Waals surface area (Å²) in [6.45, 7) is 0. The Bertz CT molecular complexity index is 1110. The number of H-pyrrole nitrogens is 1. The molecule has 0 aliphatic carbocycles. The number of amides is 1. The predicted molar refractivity (Wildman–Crippen MR) is 90.9 cm³/mol. The zero-order valence-electron chi connectivity index (χ0n) is 13.1. The maximum Gasteiger partial charge on any atom is 0.258 e. The van der Waals surface area contributed by atoms with E-state index in [-0.39, 0.29) is 11.3 Å². The number of benzene rings is 2. The van der Waals surface area contributed by atoms with Crippen LogP contribution >= 0.6 is 0 Å². The zero-order chi connectivity index (χ0) is 18.1. The Morgan fingerprint density at radius 3 is 2.73 bits per heavy atom. The number of nitrogens with zero attached hydrogens (tertiary/aromatic N) is 4. The lowest BCUT2D eigenvalue weighted by Crippen LogP contribution is -2.14. The highest BCUT2D eigenvalue weighted by Crippen LogP contribution is 2.21. The first-order valence-corrected chi connectivity index (χ1v) is 7.54. The summed E-state index contributed by atoms with van der Waals surface area (Å²) >= 11 is 0. The molecule has 0 saturated heterocycles. The highest BCUT2D eigenvalue weighted by atomic mass is 19.1. The van der Waals surface area contributed by atoms with E-state index < -0.39 is 11.7 Å². The molecule has 3 N–H and O–H groups in total. The Kier molecular flexibility index (Phi) is 3.73. The molecule has 9 heteroatoms. The Balaban J connectivity index is 1.66. The molecule has 4 aromatic rings. The van der Waals surface area contributed by atoms with Gasteiger partial charge < -0.3 is 10.4 Å². The van der Waals surface area contributed by atoms with Crippen LogP contribution in [-0.4, -0.2) is 36.4 Å². The molecule has 8 nitrogen and oxygen atoms in total. The third-order valence-electron chi connectivity index (χ3n) is 3.67. The van der Waals surface area contributed by atoms with Crippen molar-refractivity contribution in [2.75, 3.05) is 5.32 Å². The van der Waals surface area contributed by atoms with Gasteiger partial charge in [-0.3, -0.25) is 4.79 Å². The zero-order valence-corrected chi connectivity index (χ0v) is 13.1. The number of anilines is 1. The first-order chi connectivity index (χ1) is 12.6. The lowest BCUT2D eigenvalue weighted by Gasteiger charge is -2.08. The van der Waals surface area contributed by atoms with E-state index in [0.717, 1.165) is 0 Å². The molecule has 0 unspecified atom stereocenters. The van der Waals surface area contributed by atoms with Gasteiger partial charge in [-0.25, -0.2) is 14.4 Å². The summed E-state index contributed by atoms with van der Waals surface area (Å²) in [6, 6.07) is 9.89. The van der Waals surface area contributed by atoms with E-state index in [4.69, 9.17) is 0 Å². The van der Waals surface area contributed by atoms with Crippen LogP contribution in [-0.2, 0) is 0 Å². The summed E-state index contributed by atoms with van der Waals surface area (Å²) in [6.07, 6.45) is 1.49. The number of nitrogens with one attached hydrogen (secondary N) is 2. The number of hydrogen-bond acceptors (Lipinski definition) is 6. The van der Waals surface area contributed by atoms with Crippen molar-refractivity contribution in [1.82, 2.24) is 25.4 Å². The van der Waals surface area contributed by atoms with Crippen molar-refractivity contribution in [2.24, 2.45) is 0 Å². The summed E-state index contributed by atoms with van der Waals surface area (Å²) in [5.41, 5.74) is 1.61. The molecule has 0 aliphatic heterocycles. The van der Waals surface area contributed by atoms with Gasteiger partial charge in [0.25, 0.3) is 5.91 Å². The highest BCUT2D eigenvalue weighted by molar-refractivity contribution is 6.05. The largest absolute Gasteiger partial charge is 0.508 e. The Morgan fingerprint density at radius 2 is 1.92 bits per heavy atom. The molecule has 0 atom stereocenters. The lowest BCUT2D eigenvalue weighted by molar-refractivity contribution is 0.102. The maximum absolute atomic E-state index is 14.1. The number of phenolic OH excluding ortho intramolecular Hbond substituents is 1. The monoisotopic (exact) mass is 350 g/mol. The molecule has 0 bridgehead atoms. The molecule has 4 rings (SSSR count). The number of aromatic hydroxyl groups is 1. The van der Waals surface area contributed by atoms with Gasteiger partial charge in [-0.05, 0) is 42.5 Å². The number of aromatic nitrogens is 5. The number of carbonyl (C=O) groups is 1. The van der Waals surface area contributed by atoms with Gasteiger partial charge in [-0.2, -0.15) is 10.3 Å². The number of phenols is 1. The molecular formula is C17H11FN6O2. The van der Waals surface area contributed by atoms with Crippen molar-refractivity contribution < 1.29 is 14.3 Å². The molecule has 2 heterocycles. The molecule has 2 aromatic heterocycles. The van der Waals surface area contributed by atoms with Gasteiger partial charge in [0.15, 0.2) is 5.82 Å². The molecule has 0 saturated carbocycles. The van der Waals surface area contributed by atoms with Gasteiger partial charge in [-0.1, -0.05) is 0 Å². The summed E-state index contributed by atoms with van der Waals surface area (Å²) in [4.78, 5) is 20.8. The van der Waals surface area contributed by atoms with Crippen molar-refractivity contribution in [3.05, 3.63) is 60.0 Å². The molecule has 0 fully saturated rings. The molecule has 0 aliphatic rings. The Labute approximate surface area is 145 Å². The first kappa shape index (κ1) is 15.6. The third-order valence-corrected chi connectivity index (χ3v) is 3.67. The minimum atomic E-state index is -0.674. The average molecular weight is 350 g/mol. The quantitative estimate of drug-likeness (QED) is 0.489. The third kappa shape index (κ3) is 2.93. The van der Waals surface area contributed by atoms with E-state index in [1.165, 1.54) is 48.7 Å². The summed E-state index contributed by atoms with van der Waals surface area (Å²) < 4.78 is 14.1. The van der Waals surface area contributed by atoms with E-state index in [9.17, 15) is 14.3 Å². The van der Waals surface area contributed by atoms with Crippen molar-refractivity contribution in [2.45, 2.75) is 0 Å². The summed E-state index contributed by atoms with van der Waals surface area (Å²) in [5, 5.41) is 22.0. The first-order valence-electron chi connectivity index (χ1n) is 7.54. The van der Waals surface area contributed by atoms with Gasteiger partial charge >= 0.3 is 0 Å². The van der Waals surface area contributed by atoms with Gasteiger partial charge in [-0.15, -0.1) is 5.10 Å². The van der Waals surface area contributed by atoms with Crippen LogP contribution in [0.3, 0.4) is 0 Å². The minimum Gasteiger partial charge on any atom is -0.508 e. The normalized spacial score (nSPS) is 10.8. The van der Waals surface area contributed by atoms with Gasteiger partial charge in [0.05, 0.1) is 11.8 Å². The van der Waals surface area contributed by atoms with E-state index in [1.54, 1.807) is 0 Å². The second-order valence-electron chi connectivity index (χ2n) is 5.42. The van der Waals surface area contributed by atoms with Crippen LogP contribution in [0, 0.1) is 5.82 Å². The van der Waals surface area contributed by atoms with E-state index in [2.05, 4.69) is 30.7 Å². The second kappa shape index (κ2) is 6.20. The van der Waals surface area contributed by atoms with Crippen molar-refractivity contribution in [3.63, 3.8) is 0 Å². The van der Waals surface area contributed by atoms with E-state index >= 15 is 0 Å². The number of fused-ring (bicyclic) bond motifs is 1. The van der Waals surface area contributed by atoms with E-state index in [1.807, 2.05) is 0 Å². The number of carbonyl (C=O) groups excluding carboxylic acids is 1. The van der Waals surface area contributed by atoms with Crippen LogP contribution in [0.4, 0.5) is 10.1 Å². The molecular weight excluding hydrogens is 339 g/mol. The molecule has 2 aromatic carbocycles. The maximum atomic E-state index is 14.1. The summed E-state index contributed by atoms with van der Waals surface area (Å²) in [5.74, 6) is -0.938. The van der Waals surface area contributed by atoms with Crippen molar-refractivity contribution in [3.8, 4) is 17.1 Å². The number of aromatic amines is 1. The molecule has 26 heavy (non-hydrogen) atoms. The second-order valence-corrected chi connectivity index (χ2v) is 5.42. The van der Waals surface area contributed by atoms with Crippen LogP contribution < -0.4 is 5.32 Å². The van der Waals surface area contributed by atoms with Gasteiger partial charge in [0.2, 0.25) is 5.65 Å². The van der Waals surface area contributed by atoms with Crippen molar-refractivity contribution in [1.29, 1.82) is 0 Å². The van der Waals surface area contributed by atoms with Crippen LogP contribution in [0.1, 0.15) is 10.4 Å². The fourth-order valence-electron chi connectivity index (χ4n) is 2.37. The SMILES string of the molecule is O=C(Nc1ccc(O)cc1)c1cc(-c2ncc3n[nH]nc3n2)ccc1F. The van der Waals surface area contributed by atoms with Crippen molar-refractivity contribution >= 4 is 22.8 Å². The van der Waals surface area contributed by atoms with Crippen LogP contribution in [0.2, 0.25) is 0 Å². The molecule has 0 radical (unpaired) electrons. The standard InChI is InChI=1S/C17H11FN6O2/c18-13-6-1-9(15-19-8-14-16(21-15)23-24-22-14)7-12(13)17(26)20-10-2-4-11(25)5-3-10/h1-8,25H,(H,20,26)(H,19,21,22,23,24). The smallest absolute Gasteiger partial charge is 0.258 e. The minimum absolute atomic E-state index is 0.0663. The molecule has 128 valence electrons. The van der Waals surface area contributed by atoms with Crippen LogP contribution in [0.5, 0.6) is 5.75 Å². The Morgan fingerprint density at radius 1 is 1.12 bits per heavy atom. The van der Waals surface area contributed by atoms with Gasteiger partial charge in [0.1, 0.15) is 17.1 Å². The molecule has 0 spiro atoms. The molecule has 1 amide bonds. The fourth-order valence-corrected chi connectivity index (χ4v) is 2.37. The number of rotatable bonds is 3. The topological polar surface area (TPSA) is 117 Å². The fraction of sp³-hybridized carbons (Fsp3) is 0. The average Bonchev–Trinajstić information content (AvgIpc) is 3.11. The van der Waals surface area contributed by atoms with Crippen LogP contribution in [0.15, 0.2) is 48.7 Å². The predicted octanol–water partition coefficient (Wildman–Crippen LogP) is 2.51. The van der Waals surface area contributed by atoms with E-state index in [0.29, 0.717) is 28.2 Å². The Hall–Kier alpha value is -3.88. The summed E-state index contributed by atoms with van der Waals surface area (Å²) in [7, 11) is 0. The highest BCUT2D eigenvalue weighted by Gasteiger charge is 2.15. The lowest BCUT2D eigenvalue weighted by atomic mass is 10.1. The number of hydrogen-bond donors (Lipinski definition) is 3. The number of halogens is 1.